The first-order chi connectivity index (χ1) is 12.6. The molecule has 0 radical (unpaired) electrons. The van der Waals surface area contributed by atoms with E-state index in [1.165, 1.54) is 0 Å². The second kappa shape index (κ2) is 6.88. The summed E-state index contributed by atoms with van der Waals surface area (Å²) in [5, 5.41) is 8.45. The summed E-state index contributed by atoms with van der Waals surface area (Å²) in [6.07, 6.45) is 4.38. The average Bonchev–Trinajstić information content (AvgIpc) is 3.07. The van der Waals surface area contributed by atoms with Crippen LogP contribution >= 0.6 is 0 Å². The Kier molecular flexibility index (Phi) is 4.42. The van der Waals surface area contributed by atoms with Crippen molar-refractivity contribution in [1.82, 2.24) is 19.7 Å². The van der Waals surface area contributed by atoms with Gasteiger partial charge in [0.1, 0.15) is 0 Å². The van der Waals surface area contributed by atoms with Gasteiger partial charge in [0.2, 0.25) is 5.91 Å². The standard InChI is InChI=1S/C20H23N5O/c1-24-12-9-15(16(13-24)18-8-11-22-25(18)2)20(26)23-17-7-3-5-14-6-4-10-21-19(14)17/h3-8,10-11,15-16H,9,12-13H2,1-2H3,(H,23,26). The van der Waals surface area contributed by atoms with Gasteiger partial charge in [-0.2, -0.15) is 5.10 Å². The number of likely N-dealkylation sites (N-methyl/N-ethyl adjacent to an activating group) is 1. The number of nitrogens with zero attached hydrogens (tertiary/aromatic N) is 4. The van der Waals surface area contributed by atoms with Crippen molar-refractivity contribution in [1.29, 1.82) is 0 Å². The van der Waals surface area contributed by atoms with E-state index < -0.39 is 0 Å². The minimum atomic E-state index is -0.0828. The highest BCUT2D eigenvalue weighted by molar-refractivity contribution is 6.01. The van der Waals surface area contributed by atoms with E-state index in [-0.39, 0.29) is 17.7 Å². The normalized spacial score (nSPS) is 21.0. The van der Waals surface area contributed by atoms with Crippen LogP contribution in [0.5, 0.6) is 0 Å². The number of likely N-dealkylation sites (tertiary alicyclic amines) is 1. The largest absolute Gasteiger partial charge is 0.324 e. The number of nitrogens with one attached hydrogen (secondary N) is 1. The van der Waals surface area contributed by atoms with Gasteiger partial charge in [-0.3, -0.25) is 14.5 Å². The molecule has 0 saturated carbocycles. The van der Waals surface area contributed by atoms with Gasteiger partial charge in [-0.15, -0.1) is 0 Å². The number of aromatic nitrogens is 3. The Bertz CT molecular complexity index is 929. The molecule has 3 aromatic rings. The van der Waals surface area contributed by atoms with Crippen molar-refractivity contribution in [3.05, 3.63) is 54.5 Å². The fourth-order valence-corrected chi connectivity index (χ4v) is 3.91. The van der Waals surface area contributed by atoms with Crippen LogP contribution in [0.1, 0.15) is 18.0 Å². The van der Waals surface area contributed by atoms with E-state index in [0.29, 0.717) is 0 Å². The van der Waals surface area contributed by atoms with Crippen molar-refractivity contribution >= 4 is 22.5 Å². The quantitative estimate of drug-likeness (QED) is 0.790. The molecule has 26 heavy (non-hydrogen) atoms. The van der Waals surface area contributed by atoms with Crippen LogP contribution in [0.2, 0.25) is 0 Å². The molecule has 2 unspecified atom stereocenters. The summed E-state index contributed by atoms with van der Waals surface area (Å²) in [6, 6.07) is 11.8. The van der Waals surface area contributed by atoms with E-state index in [4.69, 9.17) is 0 Å². The van der Waals surface area contributed by atoms with Crippen LogP contribution < -0.4 is 5.32 Å². The number of rotatable bonds is 3. The van der Waals surface area contributed by atoms with Crippen LogP contribution in [0, 0.1) is 5.92 Å². The number of benzene rings is 1. The molecule has 1 aromatic carbocycles. The van der Waals surface area contributed by atoms with Crippen LogP contribution in [-0.4, -0.2) is 45.7 Å². The first-order valence-electron chi connectivity index (χ1n) is 8.94. The maximum atomic E-state index is 13.1. The number of aryl methyl sites for hydroxylation is 1. The smallest absolute Gasteiger partial charge is 0.228 e. The van der Waals surface area contributed by atoms with Crippen molar-refractivity contribution in [2.45, 2.75) is 12.3 Å². The molecule has 1 N–H and O–H groups in total. The lowest BCUT2D eigenvalue weighted by atomic mass is 9.82. The average molecular weight is 349 g/mol. The van der Waals surface area contributed by atoms with Crippen molar-refractivity contribution in [2.24, 2.45) is 13.0 Å². The van der Waals surface area contributed by atoms with Crippen LogP contribution in [0.25, 0.3) is 10.9 Å². The third-order valence-corrected chi connectivity index (χ3v) is 5.28. The number of fused-ring (bicyclic) bond motifs is 1. The Hall–Kier alpha value is -2.73. The van der Waals surface area contributed by atoms with Gasteiger partial charge in [-0.05, 0) is 38.2 Å². The van der Waals surface area contributed by atoms with E-state index in [2.05, 4.69) is 27.3 Å². The number of carbonyl (C=O) groups is 1. The number of anilines is 1. The second-order valence-electron chi connectivity index (χ2n) is 7.01. The number of hydrogen-bond donors (Lipinski definition) is 1. The summed E-state index contributed by atoms with van der Waals surface area (Å²) in [7, 11) is 4.04. The Labute approximate surface area is 152 Å². The fourth-order valence-electron chi connectivity index (χ4n) is 3.91. The van der Waals surface area contributed by atoms with Gasteiger partial charge in [0.25, 0.3) is 0 Å². The van der Waals surface area contributed by atoms with Gasteiger partial charge in [-0.25, -0.2) is 0 Å². The zero-order valence-corrected chi connectivity index (χ0v) is 15.1. The zero-order chi connectivity index (χ0) is 18.1. The number of amides is 1. The molecular formula is C20H23N5O. The van der Waals surface area contributed by atoms with Gasteiger partial charge in [0.05, 0.1) is 11.2 Å². The molecule has 1 saturated heterocycles. The van der Waals surface area contributed by atoms with Gasteiger partial charge in [-0.1, -0.05) is 18.2 Å². The van der Waals surface area contributed by atoms with E-state index in [0.717, 1.165) is 41.8 Å². The third kappa shape index (κ3) is 3.08. The van der Waals surface area contributed by atoms with Crippen LogP contribution in [-0.2, 0) is 11.8 Å². The maximum Gasteiger partial charge on any atom is 0.228 e. The Balaban J connectivity index is 1.62. The van der Waals surface area contributed by atoms with Gasteiger partial charge < -0.3 is 10.2 Å². The Morgan fingerprint density at radius 1 is 1.15 bits per heavy atom. The predicted octanol–water partition coefficient (Wildman–Crippen LogP) is 2.64. The molecule has 1 aliphatic rings. The van der Waals surface area contributed by atoms with Crippen LogP contribution in [0.4, 0.5) is 5.69 Å². The highest BCUT2D eigenvalue weighted by Gasteiger charge is 2.35. The number of para-hydroxylation sites is 1. The summed E-state index contributed by atoms with van der Waals surface area (Å²) >= 11 is 0. The molecule has 0 spiro atoms. The molecule has 0 aliphatic carbocycles. The Morgan fingerprint density at radius 2 is 2.00 bits per heavy atom. The highest BCUT2D eigenvalue weighted by atomic mass is 16.1. The molecule has 2 atom stereocenters. The SMILES string of the molecule is CN1CCC(C(=O)Nc2cccc3cccnc23)C(c2ccnn2C)C1. The lowest BCUT2D eigenvalue weighted by Gasteiger charge is -2.36. The fraction of sp³-hybridized carbons (Fsp3) is 0.350. The molecule has 4 rings (SSSR count). The van der Waals surface area contributed by atoms with E-state index in [1.54, 1.807) is 12.4 Å². The first-order valence-corrected chi connectivity index (χ1v) is 8.94. The van der Waals surface area contributed by atoms with Gasteiger partial charge in [0.15, 0.2) is 0 Å². The van der Waals surface area contributed by atoms with E-state index >= 15 is 0 Å². The lowest BCUT2D eigenvalue weighted by Crippen LogP contribution is -2.42. The monoisotopic (exact) mass is 349 g/mol. The molecule has 1 amide bonds. The summed E-state index contributed by atoms with van der Waals surface area (Å²) in [4.78, 5) is 19.9. The number of carbonyl (C=O) groups excluding carboxylic acids is 1. The second-order valence-corrected chi connectivity index (χ2v) is 7.01. The predicted molar refractivity (Wildman–Crippen MR) is 102 cm³/mol. The molecule has 3 heterocycles. The zero-order valence-electron chi connectivity index (χ0n) is 15.1. The molecule has 2 aromatic heterocycles. The first kappa shape index (κ1) is 16.7. The van der Waals surface area contributed by atoms with E-state index in [9.17, 15) is 4.79 Å². The summed E-state index contributed by atoms with van der Waals surface area (Å²) in [6.45, 7) is 1.77. The minimum absolute atomic E-state index is 0.0578. The molecular weight excluding hydrogens is 326 g/mol. The molecule has 1 aliphatic heterocycles. The summed E-state index contributed by atoms with van der Waals surface area (Å²) < 4.78 is 1.88. The van der Waals surface area contributed by atoms with Crippen LogP contribution in [0.3, 0.4) is 0 Å². The molecule has 6 heteroatoms. The summed E-state index contributed by atoms with van der Waals surface area (Å²) in [5.41, 5.74) is 2.71. The van der Waals surface area contributed by atoms with Crippen LogP contribution in [0.15, 0.2) is 48.8 Å². The molecule has 1 fully saturated rings. The topological polar surface area (TPSA) is 63.1 Å². The van der Waals surface area contributed by atoms with Crippen molar-refractivity contribution in [3.8, 4) is 0 Å². The molecule has 6 nitrogen and oxygen atoms in total. The van der Waals surface area contributed by atoms with Crippen molar-refractivity contribution in [2.75, 3.05) is 25.5 Å². The number of hydrogen-bond acceptors (Lipinski definition) is 4. The Morgan fingerprint density at radius 3 is 2.81 bits per heavy atom. The van der Waals surface area contributed by atoms with Gasteiger partial charge in [0, 0.05) is 48.9 Å². The minimum Gasteiger partial charge on any atom is -0.324 e. The molecule has 0 bridgehead atoms. The van der Waals surface area contributed by atoms with Crippen molar-refractivity contribution in [3.63, 3.8) is 0 Å². The van der Waals surface area contributed by atoms with Crippen molar-refractivity contribution < 1.29 is 4.79 Å². The summed E-state index contributed by atoms with van der Waals surface area (Å²) in [5.74, 6) is 0.104. The highest BCUT2D eigenvalue weighted by Crippen LogP contribution is 2.33. The number of piperidine rings is 1. The maximum absolute atomic E-state index is 13.1. The molecule has 134 valence electrons. The van der Waals surface area contributed by atoms with Gasteiger partial charge >= 0.3 is 0 Å². The van der Waals surface area contributed by atoms with E-state index in [1.807, 2.05) is 48.1 Å². The lowest BCUT2D eigenvalue weighted by molar-refractivity contribution is -0.121. The number of pyridine rings is 1. The third-order valence-electron chi connectivity index (χ3n) is 5.28.